The lowest BCUT2D eigenvalue weighted by molar-refractivity contribution is 0.824. The summed E-state index contributed by atoms with van der Waals surface area (Å²) >= 11 is 0. The standard InChI is InChI=1S/C11H8N2.H2O/c1-2-8-6-12-5-4-9-7-13-10(3-1)11(8)9;/h1-7,13H;1H2. The van der Waals surface area contributed by atoms with E-state index >= 15 is 0 Å². The molecule has 0 fully saturated rings. The van der Waals surface area contributed by atoms with Gasteiger partial charge < -0.3 is 10.5 Å². The minimum absolute atomic E-state index is 0. The average molecular weight is 186 g/mol. The predicted octanol–water partition coefficient (Wildman–Crippen LogP) is 1.75. The first-order valence-electron chi connectivity index (χ1n) is 4.25. The molecule has 14 heavy (non-hydrogen) atoms. The molecule has 70 valence electrons. The lowest BCUT2D eigenvalue weighted by Crippen LogP contribution is -1.80. The van der Waals surface area contributed by atoms with Gasteiger partial charge in [-0.3, -0.25) is 4.99 Å². The van der Waals surface area contributed by atoms with Crippen LogP contribution in [0.5, 0.6) is 0 Å². The van der Waals surface area contributed by atoms with Crippen molar-refractivity contribution in [1.82, 2.24) is 4.98 Å². The Bertz CT molecular complexity index is 523. The first kappa shape index (κ1) is 8.72. The van der Waals surface area contributed by atoms with Crippen LogP contribution in [-0.2, 0) is 0 Å². The molecule has 1 aromatic carbocycles. The van der Waals surface area contributed by atoms with Crippen LogP contribution in [0.4, 0.5) is 0 Å². The van der Waals surface area contributed by atoms with Gasteiger partial charge >= 0.3 is 0 Å². The van der Waals surface area contributed by atoms with Crippen LogP contribution < -0.4 is 0 Å². The van der Waals surface area contributed by atoms with Gasteiger partial charge in [-0.2, -0.15) is 0 Å². The van der Waals surface area contributed by atoms with Gasteiger partial charge in [-0.05, 0) is 12.1 Å². The molecule has 1 aliphatic heterocycles. The molecule has 0 radical (unpaired) electrons. The van der Waals surface area contributed by atoms with Crippen LogP contribution in [0.3, 0.4) is 0 Å². The molecule has 3 nitrogen and oxygen atoms in total. The summed E-state index contributed by atoms with van der Waals surface area (Å²) in [4.78, 5) is 7.40. The maximum absolute atomic E-state index is 4.16. The lowest BCUT2D eigenvalue weighted by Gasteiger charge is -1.95. The van der Waals surface area contributed by atoms with Crippen molar-refractivity contribution < 1.29 is 5.48 Å². The molecule has 0 unspecified atom stereocenters. The smallest absolute Gasteiger partial charge is 0.0466 e. The van der Waals surface area contributed by atoms with E-state index in [1.165, 1.54) is 22.0 Å². The summed E-state index contributed by atoms with van der Waals surface area (Å²) in [5.41, 5.74) is 3.56. The molecule has 3 heteroatoms. The minimum atomic E-state index is 0. The molecule has 0 bridgehead atoms. The number of nitrogens with zero attached hydrogens (tertiary/aromatic N) is 1. The van der Waals surface area contributed by atoms with E-state index in [-0.39, 0.29) is 5.48 Å². The summed E-state index contributed by atoms with van der Waals surface area (Å²) in [6, 6.07) is 6.20. The van der Waals surface area contributed by atoms with Gasteiger partial charge in [0.1, 0.15) is 0 Å². The first-order valence-corrected chi connectivity index (χ1v) is 4.25. The zero-order chi connectivity index (χ0) is 8.67. The van der Waals surface area contributed by atoms with E-state index in [4.69, 9.17) is 0 Å². The Morgan fingerprint density at radius 2 is 2.07 bits per heavy atom. The maximum Gasteiger partial charge on any atom is 0.0466 e. The van der Waals surface area contributed by atoms with E-state index in [0.717, 1.165) is 0 Å². The van der Waals surface area contributed by atoms with Crippen molar-refractivity contribution in [1.29, 1.82) is 0 Å². The summed E-state index contributed by atoms with van der Waals surface area (Å²) in [5, 5.41) is 1.26. The Balaban J connectivity index is 0.000000750. The summed E-state index contributed by atoms with van der Waals surface area (Å²) in [7, 11) is 0. The van der Waals surface area contributed by atoms with Gasteiger partial charge in [0.05, 0.1) is 0 Å². The molecule has 2 heterocycles. The van der Waals surface area contributed by atoms with Crippen molar-refractivity contribution >= 4 is 23.2 Å². The van der Waals surface area contributed by atoms with Crippen LogP contribution in [0, 0.1) is 0 Å². The Kier molecular flexibility index (Phi) is 1.94. The molecule has 3 N–H and O–H groups in total. The van der Waals surface area contributed by atoms with Crippen molar-refractivity contribution in [2.24, 2.45) is 4.99 Å². The van der Waals surface area contributed by atoms with Gasteiger partial charge in [-0.25, -0.2) is 0 Å². The number of nitrogens with one attached hydrogen (secondary N) is 1. The summed E-state index contributed by atoms with van der Waals surface area (Å²) in [6.07, 6.45) is 7.75. The fourth-order valence-electron chi connectivity index (χ4n) is 1.73. The summed E-state index contributed by atoms with van der Waals surface area (Å²) in [6.45, 7) is 0. The van der Waals surface area contributed by atoms with Crippen molar-refractivity contribution in [2.75, 3.05) is 0 Å². The second-order valence-electron chi connectivity index (χ2n) is 3.11. The largest absolute Gasteiger partial charge is 0.412 e. The normalized spacial score (nSPS) is 12.6. The number of aromatic amines is 1. The highest BCUT2D eigenvalue weighted by Gasteiger charge is 2.05. The number of aromatic nitrogens is 1. The maximum atomic E-state index is 4.16. The van der Waals surface area contributed by atoms with Crippen LogP contribution in [0.15, 0.2) is 35.6 Å². The van der Waals surface area contributed by atoms with Crippen LogP contribution in [0.2, 0.25) is 0 Å². The molecule has 0 saturated carbocycles. The fraction of sp³-hybridized carbons (Fsp3) is 0. The van der Waals surface area contributed by atoms with Crippen LogP contribution >= 0.6 is 0 Å². The Labute approximate surface area is 81.1 Å². The van der Waals surface area contributed by atoms with Gasteiger partial charge in [0.15, 0.2) is 0 Å². The number of hydrogen-bond donors (Lipinski definition) is 1. The van der Waals surface area contributed by atoms with Crippen molar-refractivity contribution in [2.45, 2.75) is 0 Å². The van der Waals surface area contributed by atoms with E-state index in [2.05, 4.69) is 22.1 Å². The Hall–Kier alpha value is -1.87. The Morgan fingerprint density at radius 3 is 3.00 bits per heavy atom. The molecule has 1 aromatic heterocycles. The predicted molar refractivity (Wildman–Crippen MR) is 58.5 cm³/mol. The van der Waals surface area contributed by atoms with Crippen LogP contribution in [0.25, 0.3) is 17.0 Å². The topological polar surface area (TPSA) is 59.6 Å². The summed E-state index contributed by atoms with van der Waals surface area (Å²) in [5.74, 6) is 0. The molecule has 0 spiro atoms. The van der Waals surface area contributed by atoms with Crippen molar-refractivity contribution in [3.63, 3.8) is 0 Å². The molecule has 3 rings (SSSR count). The average Bonchev–Trinajstić information content (AvgIpc) is 2.44. The van der Waals surface area contributed by atoms with Gasteiger partial charge in [0, 0.05) is 40.6 Å². The second-order valence-corrected chi connectivity index (χ2v) is 3.11. The van der Waals surface area contributed by atoms with E-state index < -0.39 is 0 Å². The molecular formula is C11H10N2O. The number of benzene rings is 1. The third-order valence-electron chi connectivity index (χ3n) is 2.32. The zero-order valence-electron chi connectivity index (χ0n) is 7.49. The number of H-pyrrole nitrogens is 1. The zero-order valence-corrected chi connectivity index (χ0v) is 7.49. The van der Waals surface area contributed by atoms with E-state index in [0.29, 0.717) is 0 Å². The molecule has 1 aliphatic rings. The molecular weight excluding hydrogens is 176 g/mol. The minimum Gasteiger partial charge on any atom is -0.412 e. The Morgan fingerprint density at radius 1 is 1.14 bits per heavy atom. The number of rotatable bonds is 0. The SMILES string of the molecule is C1=Cc2c[nH]c3cccc(c23)C=N1.O. The van der Waals surface area contributed by atoms with E-state index in [1.54, 1.807) is 0 Å². The molecule has 0 atom stereocenters. The highest BCUT2D eigenvalue weighted by atomic mass is 16.0. The van der Waals surface area contributed by atoms with Crippen LogP contribution in [-0.4, -0.2) is 16.7 Å². The third-order valence-corrected chi connectivity index (χ3v) is 2.32. The van der Waals surface area contributed by atoms with Crippen molar-refractivity contribution in [3.8, 4) is 0 Å². The van der Waals surface area contributed by atoms with E-state index in [9.17, 15) is 0 Å². The molecule has 0 saturated heterocycles. The summed E-state index contributed by atoms with van der Waals surface area (Å²) < 4.78 is 0. The molecule has 2 aromatic rings. The third kappa shape index (κ3) is 1.07. The van der Waals surface area contributed by atoms with Crippen molar-refractivity contribution in [3.05, 3.63) is 41.7 Å². The monoisotopic (exact) mass is 186 g/mol. The van der Waals surface area contributed by atoms with Gasteiger partial charge in [-0.15, -0.1) is 0 Å². The number of aliphatic imine (C=N–C) groups is 1. The number of hydrogen-bond acceptors (Lipinski definition) is 1. The quantitative estimate of drug-likeness (QED) is 0.651. The first-order chi connectivity index (χ1) is 6.45. The highest BCUT2D eigenvalue weighted by molar-refractivity contribution is 6.04. The fourth-order valence-corrected chi connectivity index (χ4v) is 1.73. The van der Waals surface area contributed by atoms with Gasteiger partial charge in [-0.1, -0.05) is 12.1 Å². The van der Waals surface area contributed by atoms with Gasteiger partial charge in [0.25, 0.3) is 0 Å². The van der Waals surface area contributed by atoms with Crippen LogP contribution in [0.1, 0.15) is 11.1 Å². The second kappa shape index (κ2) is 3.12. The lowest BCUT2D eigenvalue weighted by atomic mass is 10.1. The molecule has 0 aliphatic carbocycles. The van der Waals surface area contributed by atoms with E-state index in [1.807, 2.05) is 30.8 Å². The van der Waals surface area contributed by atoms with Gasteiger partial charge in [0.2, 0.25) is 0 Å². The highest BCUT2D eigenvalue weighted by Crippen LogP contribution is 2.24. The molecule has 0 amide bonds.